The Morgan fingerprint density at radius 2 is 0.517 bits per heavy atom. The average molecular weight is 1310 g/mol. The van der Waals surface area contributed by atoms with Crippen LogP contribution in [0.3, 0.4) is 0 Å². The van der Waals surface area contributed by atoms with E-state index in [0.717, 1.165) is 102 Å². The van der Waals surface area contributed by atoms with Crippen molar-refractivity contribution in [2.45, 2.75) is 374 Å². The Morgan fingerprint density at radius 3 is 0.764 bits per heavy atom. The summed E-state index contributed by atoms with van der Waals surface area (Å²) in [6.07, 6.45) is 47.1. The Labute approximate surface area is 543 Å². The second-order valence-electron chi connectivity index (χ2n) is 26.2. The van der Waals surface area contributed by atoms with Crippen molar-refractivity contribution in [1.29, 1.82) is 0 Å². The van der Waals surface area contributed by atoms with Crippen molar-refractivity contribution in [3.63, 3.8) is 0 Å². The van der Waals surface area contributed by atoms with Crippen LogP contribution in [-0.2, 0) is 65.4 Å². The third kappa shape index (κ3) is 64.6. The molecule has 0 spiro atoms. The molecule has 0 amide bonds. The molecule has 0 aromatic rings. The summed E-state index contributed by atoms with van der Waals surface area (Å²) in [5.74, 6) is -0.621. The van der Waals surface area contributed by atoms with Gasteiger partial charge in [-0.2, -0.15) is 0 Å². The van der Waals surface area contributed by atoms with Crippen molar-refractivity contribution in [2.75, 3.05) is 39.6 Å². The number of carbonyl (C=O) groups excluding carboxylic acids is 4. The lowest BCUT2D eigenvalue weighted by Crippen LogP contribution is -2.30. The van der Waals surface area contributed by atoms with Gasteiger partial charge in [0, 0.05) is 25.7 Å². The Bertz CT molecular complexity index is 1730. The van der Waals surface area contributed by atoms with E-state index in [2.05, 4.69) is 41.5 Å². The van der Waals surface area contributed by atoms with Gasteiger partial charge in [-0.25, -0.2) is 9.13 Å². The number of hydrogen-bond donors (Lipinski definition) is 3. The van der Waals surface area contributed by atoms with Gasteiger partial charge in [-0.3, -0.25) is 37.3 Å². The predicted molar refractivity (Wildman–Crippen MR) is 358 cm³/mol. The summed E-state index contributed by atoms with van der Waals surface area (Å²) >= 11 is 0. The Hall–Kier alpha value is -1.94. The second-order valence-corrected chi connectivity index (χ2v) is 29.1. The van der Waals surface area contributed by atoms with Gasteiger partial charge in [-0.15, -0.1) is 0 Å². The molecule has 3 N–H and O–H groups in total. The normalized spacial score (nSPS) is 14.1. The standard InChI is InChI=1S/C70H136O17P2/c1-7-9-11-13-15-17-19-20-23-29-35-41-47-53-68(73)81-59-65(86-69(74)54-48-42-36-30-24-21-22-26-32-38-44-50-62(3)4)60-84-88(76,77)82-56-64(71)57-83-89(78,79)85-61-66(58-80-67(72)52-46-40-34-28-18-16-14-12-10-8-2)87-70(75)55-49-43-37-31-25-27-33-39-45-51-63(5)6/h62-66,71H,7-61H2,1-6H3,(H,76,77)(H,78,79)/t64-,65-,66-/m1/s1. The fourth-order valence-electron chi connectivity index (χ4n) is 10.6. The first-order valence-corrected chi connectivity index (χ1v) is 39.5. The number of phosphoric ester groups is 2. The van der Waals surface area contributed by atoms with E-state index in [0.29, 0.717) is 25.7 Å². The van der Waals surface area contributed by atoms with E-state index >= 15 is 0 Å². The molecule has 17 nitrogen and oxygen atoms in total. The maximum atomic E-state index is 13.0. The van der Waals surface area contributed by atoms with Crippen LogP contribution in [0.1, 0.15) is 356 Å². The largest absolute Gasteiger partial charge is 0.472 e. The molecule has 0 aromatic carbocycles. The van der Waals surface area contributed by atoms with E-state index in [-0.39, 0.29) is 25.7 Å². The van der Waals surface area contributed by atoms with Crippen LogP contribution in [0.5, 0.6) is 0 Å². The zero-order chi connectivity index (χ0) is 65.7. The SMILES string of the molecule is CCCCCCCCCCCCCCCC(=O)OC[C@H](COP(=O)(O)OC[C@@H](O)COP(=O)(O)OC[C@@H](COC(=O)CCCCCCCCCCCC)OC(=O)CCCCCCCCCCCC(C)C)OC(=O)CCCCCCCCCCCCCC(C)C. The number of phosphoric acid groups is 2. The van der Waals surface area contributed by atoms with Gasteiger partial charge in [0.05, 0.1) is 26.4 Å². The first-order chi connectivity index (χ1) is 42.9. The minimum atomic E-state index is -4.95. The first kappa shape index (κ1) is 87.1. The van der Waals surface area contributed by atoms with Crippen LogP contribution in [0, 0.1) is 11.8 Å². The van der Waals surface area contributed by atoms with Crippen molar-refractivity contribution in [3.8, 4) is 0 Å². The maximum Gasteiger partial charge on any atom is 0.472 e. The van der Waals surface area contributed by atoms with E-state index in [4.69, 9.17) is 37.0 Å². The highest BCUT2D eigenvalue weighted by Crippen LogP contribution is 2.45. The number of aliphatic hydroxyl groups is 1. The van der Waals surface area contributed by atoms with Crippen LogP contribution in [0.4, 0.5) is 0 Å². The molecule has 0 fully saturated rings. The quantitative estimate of drug-likeness (QED) is 0.0222. The van der Waals surface area contributed by atoms with Crippen LogP contribution >= 0.6 is 15.6 Å². The zero-order valence-electron chi connectivity index (χ0n) is 57.7. The minimum Gasteiger partial charge on any atom is -0.462 e. The number of esters is 4. The number of aliphatic hydroxyl groups excluding tert-OH is 1. The van der Waals surface area contributed by atoms with Crippen molar-refractivity contribution in [1.82, 2.24) is 0 Å². The molecule has 0 aliphatic heterocycles. The lowest BCUT2D eigenvalue weighted by atomic mass is 10.0. The lowest BCUT2D eigenvalue weighted by Gasteiger charge is -2.21. The van der Waals surface area contributed by atoms with Gasteiger partial charge in [0.25, 0.3) is 0 Å². The van der Waals surface area contributed by atoms with Gasteiger partial charge in [0.1, 0.15) is 19.3 Å². The number of carbonyl (C=O) groups is 4. The van der Waals surface area contributed by atoms with E-state index < -0.39 is 97.5 Å². The van der Waals surface area contributed by atoms with Gasteiger partial charge in [0.2, 0.25) is 0 Å². The van der Waals surface area contributed by atoms with Gasteiger partial charge in [-0.1, -0.05) is 305 Å². The summed E-state index contributed by atoms with van der Waals surface area (Å²) in [6, 6.07) is 0. The third-order valence-corrected chi connectivity index (χ3v) is 18.1. The molecule has 19 heteroatoms. The van der Waals surface area contributed by atoms with Crippen LogP contribution in [0.2, 0.25) is 0 Å². The summed E-state index contributed by atoms with van der Waals surface area (Å²) in [7, 11) is -9.90. The van der Waals surface area contributed by atoms with E-state index in [1.54, 1.807) is 0 Å². The molecule has 0 radical (unpaired) electrons. The number of ether oxygens (including phenoxy) is 4. The van der Waals surface area contributed by atoms with Crippen molar-refractivity contribution in [3.05, 3.63) is 0 Å². The van der Waals surface area contributed by atoms with Gasteiger partial charge in [0.15, 0.2) is 12.2 Å². The molecule has 0 bridgehead atoms. The fourth-order valence-corrected chi connectivity index (χ4v) is 12.2. The molecule has 0 rings (SSSR count). The molecule has 0 heterocycles. The zero-order valence-corrected chi connectivity index (χ0v) is 59.5. The van der Waals surface area contributed by atoms with Crippen molar-refractivity contribution < 1.29 is 80.2 Å². The number of unbranched alkanes of at least 4 members (excludes halogenated alkanes) is 39. The van der Waals surface area contributed by atoms with E-state index in [1.165, 1.54) is 173 Å². The minimum absolute atomic E-state index is 0.105. The summed E-state index contributed by atoms with van der Waals surface area (Å²) < 4.78 is 68.3. The molecule has 0 aromatic heterocycles. The van der Waals surface area contributed by atoms with E-state index in [1.807, 2.05) is 0 Å². The lowest BCUT2D eigenvalue weighted by molar-refractivity contribution is -0.161. The maximum absolute atomic E-state index is 13.0. The predicted octanol–water partition coefficient (Wildman–Crippen LogP) is 20.0. The third-order valence-electron chi connectivity index (χ3n) is 16.2. The van der Waals surface area contributed by atoms with Crippen molar-refractivity contribution >= 4 is 39.5 Å². The van der Waals surface area contributed by atoms with E-state index in [9.17, 15) is 43.2 Å². The second kappa shape index (κ2) is 62.2. The topological polar surface area (TPSA) is 237 Å². The monoisotopic (exact) mass is 1310 g/mol. The fraction of sp³-hybridized carbons (Fsp3) is 0.943. The van der Waals surface area contributed by atoms with Gasteiger partial charge in [-0.05, 0) is 37.5 Å². The summed E-state index contributed by atoms with van der Waals surface area (Å²) in [6.45, 7) is 9.52. The summed E-state index contributed by atoms with van der Waals surface area (Å²) in [5.41, 5.74) is 0. The Morgan fingerprint density at radius 1 is 0.303 bits per heavy atom. The summed E-state index contributed by atoms with van der Waals surface area (Å²) in [5, 5.41) is 10.6. The van der Waals surface area contributed by atoms with Crippen LogP contribution in [-0.4, -0.2) is 96.7 Å². The first-order valence-electron chi connectivity index (χ1n) is 36.5. The van der Waals surface area contributed by atoms with Crippen molar-refractivity contribution in [2.24, 2.45) is 11.8 Å². The Balaban J connectivity index is 5.25. The Kier molecular flexibility index (Phi) is 60.8. The molecule has 0 saturated carbocycles. The smallest absolute Gasteiger partial charge is 0.462 e. The molecular weight excluding hydrogens is 1170 g/mol. The molecule has 5 atom stereocenters. The van der Waals surface area contributed by atoms with Crippen LogP contribution in [0.25, 0.3) is 0 Å². The van der Waals surface area contributed by atoms with Crippen LogP contribution in [0.15, 0.2) is 0 Å². The van der Waals surface area contributed by atoms with Gasteiger partial charge < -0.3 is 33.8 Å². The van der Waals surface area contributed by atoms with Gasteiger partial charge >= 0.3 is 39.5 Å². The molecule has 0 saturated heterocycles. The average Bonchev–Trinajstić information content (AvgIpc) is 3.68. The molecular formula is C70H136O17P2. The highest BCUT2D eigenvalue weighted by molar-refractivity contribution is 7.47. The number of hydrogen-bond acceptors (Lipinski definition) is 15. The molecule has 89 heavy (non-hydrogen) atoms. The summed E-state index contributed by atoms with van der Waals surface area (Å²) in [4.78, 5) is 72.5. The highest BCUT2D eigenvalue weighted by atomic mass is 31.2. The molecule has 0 aliphatic carbocycles. The van der Waals surface area contributed by atoms with Crippen LogP contribution < -0.4 is 0 Å². The molecule has 528 valence electrons. The highest BCUT2D eigenvalue weighted by Gasteiger charge is 2.30. The molecule has 2 unspecified atom stereocenters. The number of rotatable bonds is 69. The molecule has 0 aliphatic rings.